The van der Waals surface area contributed by atoms with Gasteiger partial charge in [-0.25, -0.2) is 13.1 Å². The molecular formula is C8H15NO4S. The first-order chi connectivity index (χ1) is 6.41. The van der Waals surface area contributed by atoms with E-state index in [9.17, 15) is 13.2 Å². The molecule has 1 rings (SSSR count). The van der Waals surface area contributed by atoms with Crippen LogP contribution < -0.4 is 4.72 Å². The largest absolute Gasteiger partial charge is 0.480 e. The molecule has 0 saturated heterocycles. The van der Waals surface area contributed by atoms with Crippen molar-refractivity contribution in [1.29, 1.82) is 0 Å². The number of rotatable bonds is 5. The first kappa shape index (κ1) is 11.5. The predicted molar refractivity (Wildman–Crippen MR) is 51.4 cm³/mol. The van der Waals surface area contributed by atoms with Crippen molar-refractivity contribution in [2.45, 2.75) is 32.2 Å². The monoisotopic (exact) mass is 221 g/mol. The summed E-state index contributed by atoms with van der Waals surface area (Å²) < 4.78 is 24.9. The van der Waals surface area contributed by atoms with Crippen LogP contribution in [0.1, 0.15) is 26.2 Å². The number of hydrogen-bond acceptors (Lipinski definition) is 3. The van der Waals surface area contributed by atoms with Crippen LogP contribution in [0.5, 0.6) is 0 Å². The Morgan fingerprint density at radius 1 is 1.57 bits per heavy atom. The standard InChI is InChI=1S/C8H15NO4S/c1-6(8(10)11)9-14(12,13)5-7-3-2-4-7/h6-7,9H,2-5H2,1H3,(H,10,11). The summed E-state index contributed by atoms with van der Waals surface area (Å²) in [5.74, 6) is -0.874. The van der Waals surface area contributed by atoms with Gasteiger partial charge in [-0.05, 0) is 25.7 Å². The molecule has 2 N–H and O–H groups in total. The molecule has 0 aliphatic heterocycles. The van der Waals surface area contributed by atoms with Gasteiger partial charge in [0.05, 0.1) is 5.75 Å². The van der Waals surface area contributed by atoms with Crippen LogP contribution in [0.25, 0.3) is 0 Å². The lowest BCUT2D eigenvalue weighted by Crippen LogP contribution is -2.41. The lowest BCUT2D eigenvalue weighted by molar-refractivity contribution is -0.138. The smallest absolute Gasteiger partial charge is 0.321 e. The van der Waals surface area contributed by atoms with Crippen molar-refractivity contribution in [3.8, 4) is 0 Å². The van der Waals surface area contributed by atoms with Crippen LogP contribution in [0.3, 0.4) is 0 Å². The molecular weight excluding hydrogens is 206 g/mol. The molecule has 0 amide bonds. The van der Waals surface area contributed by atoms with E-state index in [-0.39, 0.29) is 11.7 Å². The summed E-state index contributed by atoms with van der Waals surface area (Å²) in [6.07, 6.45) is 2.94. The van der Waals surface area contributed by atoms with Gasteiger partial charge in [-0.2, -0.15) is 0 Å². The summed E-state index contributed by atoms with van der Waals surface area (Å²) in [7, 11) is -3.42. The van der Waals surface area contributed by atoms with Crippen LogP contribution in [0.4, 0.5) is 0 Å². The Kier molecular flexibility index (Phi) is 3.49. The topological polar surface area (TPSA) is 83.5 Å². The van der Waals surface area contributed by atoms with Crippen molar-refractivity contribution >= 4 is 16.0 Å². The van der Waals surface area contributed by atoms with E-state index in [0.717, 1.165) is 19.3 Å². The molecule has 0 aromatic carbocycles. The third kappa shape index (κ3) is 3.26. The molecule has 1 unspecified atom stereocenters. The molecule has 0 aromatic rings. The molecule has 1 aliphatic rings. The van der Waals surface area contributed by atoms with E-state index in [4.69, 9.17) is 5.11 Å². The van der Waals surface area contributed by atoms with Gasteiger partial charge in [-0.1, -0.05) is 6.42 Å². The van der Waals surface area contributed by atoms with Gasteiger partial charge >= 0.3 is 5.97 Å². The molecule has 1 saturated carbocycles. The molecule has 14 heavy (non-hydrogen) atoms. The zero-order chi connectivity index (χ0) is 10.8. The Balaban J connectivity index is 2.44. The third-order valence-corrected chi connectivity index (χ3v) is 4.03. The second-order valence-corrected chi connectivity index (χ2v) is 5.55. The number of aliphatic carboxylic acids is 1. The van der Waals surface area contributed by atoms with Crippen molar-refractivity contribution < 1.29 is 18.3 Å². The average molecular weight is 221 g/mol. The van der Waals surface area contributed by atoms with Crippen LogP contribution in [0, 0.1) is 5.92 Å². The van der Waals surface area contributed by atoms with E-state index >= 15 is 0 Å². The minimum absolute atomic E-state index is 0.0601. The Morgan fingerprint density at radius 3 is 2.50 bits per heavy atom. The van der Waals surface area contributed by atoms with Crippen molar-refractivity contribution in [2.24, 2.45) is 5.92 Å². The lowest BCUT2D eigenvalue weighted by Gasteiger charge is -2.25. The predicted octanol–water partition coefficient (Wildman–Crippen LogP) is 0.179. The lowest BCUT2D eigenvalue weighted by atomic mass is 9.87. The van der Waals surface area contributed by atoms with Gasteiger partial charge in [0.15, 0.2) is 0 Å². The minimum atomic E-state index is -3.42. The number of carboxylic acid groups (broad SMARTS) is 1. The maximum atomic E-state index is 11.4. The van der Waals surface area contributed by atoms with Crippen LogP contribution in [-0.2, 0) is 14.8 Å². The van der Waals surface area contributed by atoms with Gasteiger partial charge in [0.25, 0.3) is 0 Å². The Hall–Kier alpha value is -0.620. The highest BCUT2D eigenvalue weighted by Crippen LogP contribution is 2.27. The zero-order valence-electron chi connectivity index (χ0n) is 8.06. The molecule has 0 spiro atoms. The quantitative estimate of drug-likeness (QED) is 0.693. The maximum absolute atomic E-state index is 11.4. The van der Waals surface area contributed by atoms with E-state index in [0.29, 0.717) is 0 Å². The molecule has 1 atom stereocenters. The van der Waals surface area contributed by atoms with Gasteiger partial charge in [-0.3, -0.25) is 4.79 Å². The Labute approximate surface area is 83.6 Å². The second kappa shape index (κ2) is 4.27. The summed E-state index contributed by atoms with van der Waals surface area (Å²) in [4.78, 5) is 10.4. The summed E-state index contributed by atoms with van der Waals surface area (Å²) in [6.45, 7) is 1.32. The van der Waals surface area contributed by atoms with Crippen LogP contribution in [0.2, 0.25) is 0 Å². The van der Waals surface area contributed by atoms with Gasteiger partial charge in [0.2, 0.25) is 10.0 Å². The molecule has 5 nitrogen and oxygen atoms in total. The minimum Gasteiger partial charge on any atom is -0.480 e. The molecule has 1 aliphatic carbocycles. The van der Waals surface area contributed by atoms with Crippen LogP contribution >= 0.6 is 0 Å². The average Bonchev–Trinajstić information content (AvgIpc) is 1.96. The molecule has 6 heteroatoms. The van der Waals surface area contributed by atoms with E-state index in [1.165, 1.54) is 6.92 Å². The van der Waals surface area contributed by atoms with Crippen molar-refractivity contribution in [2.75, 3.05) is 5.75 Å². The van der Waals surface area contributed by atoms with E-state index < -0.39 is 22.0 Å². The highest BCUT2D eigenvalue weighted by atomic mass is 32.2. The fourth-order valence-corrected chi connectivity index (χ4v) is 3.03. The number of carboxylic acids is 1. The van der Waals surface area contributed by atoms with E-state index in [2.05, 4.69) is 4.72 Å². The van der Waals surface area contributed by atoms with Crippen LogP contribution in [-0.4, -0.2) is 31.3 Å². The van der Waals surface area contributed by atoms with Gasteiger partial charge in [0.1, 0.15) is 6.04 Å². The highest BCUT2D eigenvalue weighted by molar-refractivity contribution is 7.89. The number of nitrogens with one attached hydrogen (secondary N) is 1. The van der Waals surface area contributed by atoms with E-state index in [1.54, 1.807) is 0 Å². The summed E-state index contributed by atoms with van der Waals surface area (Å²) in [6, 6.07) is -1.04. The fraction of sp³-hybridized carbons (Fsp3) is 0.875. The van der Waals surface area contributed by atoms with E-state index in [1.807, 2.05) is 0 Å². The molecule has 82 valence electrons. The van der Waals surface area contributed by atoms with Gasteiger partial charge < -0.3 is 5.11 Å². The number of sulfonamides is 1. The maximum Gasteiger partial charge on any atom is 0.321 e. The second-order valence-electron chi connectivity index (χ2n) is 3.76. The van der Waals surface area contributed by atoms with Crippen molar-refractivity contribution in [1.82, 2.24) is 4.72 Å². The normalized spacial score (nSPS) is 20.1. The summed E-state index contributed by atoms with van der Waals surface area (Å²) in [5.41, 5.74) is 0. The fourth-order valence-electron chi connectivity index (χ4n) is 1.34. The number of carbonyl (C=O) groups is 1. The van der Waals surface area contributed by atoms with Crippen molar-refractivity contribution in [3.63, 3.8) is 0 Å². The highest BCUT2D eigenvalue weighted by Gasteiger charge is 2.26. The van der Waals surface area contributed by atoms with Crippen LogP contribution in [0.15, 0.2) is 0 Å². The summed E-state index contributed by atoms with van der Waals surface area (Å²) >= 11 is 0. The molecule has 0 bridgehead atoms. The molecule has 0 aromatic heterocycles. The number of hydrogen-bond donors (Lipinski definition) is 2. The van der Waals surface area contributed by atoms with Gasteiger partial charge in [-0.15, -0.1) is 0 Å². The molecule has 1 fully saturated rings. The Bertz CT molecular complexity index is 307. The first-order valence-electron chi connectivity index (χ1n) is 4.63. The third-order valence-electron chi connectivity index (χ3n) is 2.41. The zero-order valence-corrected chi connectivity index (χ0v) is 8.88. The first-order valence-corrected chi connectivity index (χ1v) is 6.29. The molecule has 0 radical (unpaired) electrons. The summed E-state index contributed by atoms with van der Waals surface area (Å²) in [5, 5.41) is 8.52. The van der Waals surface area contributed by atoms with Crippen molar-refractivity contribution in [3.05, 3.63) is 0 Å². The Morgan fingerprint density at radius 2 is 2.14 bits per heavy atom. The van der Waals surface area contributed by atoms with Gasteiger partial charge in [0, 0.05) is 0 Å². The molecule has 0 heterocycles. The SMILES string of the molecule is CC(NS(=O)(=O)CC1CCC1)C(=O)O.